The minimum atomic E-state index is 0.631. The molecule has 0 aliphatic rings. The minimum Gasteiger partial charge on any atom is -0.383 e. The molecule has 2 rings (SSSR count). The van der Waals surface area contributed by atoms with Gasteiger partial charge in [-0.1, -0.05) is 29.5 Å². The zero-order chi connectivity index (χ0) is 13.5. The van der Waals surface area contributed by atoms with E-state index < -0.39 is 0 Å². The average Bonchev–Trinajstić information content (AvgIpc) is 2.89. The molecule has 0 radical (unpaired) electrons. The topological polar surface area (TPSA) is 43.4 Å². The Morgan fingerprint density at radius 2 is 2.16 bits per heavy atom. The first-order valence-electron chi connectivity index (χ1n) is 6.10. The van der Waals surface area contributed by atoms with Crippen molar-refractivity contribution in [1.29, 1.82) is 0 Å². The molecule has 0 aliphatic heterocycles. The van der Waals surface area contributed by atoms with E-state index in [1.807, 2.05) is 12.3 Å². The molecule has 19 heavy (non-hydrogen) atoms. The van der Waals surface area contributed by atoms with Crippen molar-refractivity contribution in [2.45, 2.75) is 6.61 Å². The molecule has 1 aromatic heterocycles. The third kappa shape index (κ3) is 4.02. The summed E-state index contributed by atoms with van der Waals surface area (Å²) in [7, 11) is 3.40. The highest BCUT2D eigenvalue weighted by Crippen LogP contribution is 2.29. The van der Waals surface area contributed by atoms with E-state index in [2.05, 4.69) is 28.5 Å². The molecule has 2 aromatic rings. The molecule has 0 unspecified atom stereocenters. The number of methoxy groups -OCH3 is 2. The second-order valence-electron chi connectivity index (χ2n) is 4.08. The van der Waals surface area contributed by atoms with Crippen LogP contribution in [0.25, 0.3) is 10.4 Å². The summed E-state index contributed by atoms with van der Waals surface area (Å²) in [5, 5.41) is 4.15. The first-order chi connectivity index (χ1) is 9.33. The number of benzene rings is 1. The zero-order valence-corrected chi connectivity index (χ0v) is 12.0. The quantitative estimate of drug-likeness (QED) is 0.791. The monoisotopic (exact) mass is 278 g/mol. The minimum absolute atomic E-state index is 0.631. The van der Waals surface area contributed by atoms with Crippen molar-refractivity contribution in [1.82, 2.24) is 4.98 Å². The number of nitrogens with one attached hydrogen (secondary N) is 1. The molecule has 0 amide bonds. The number of aromatic nitrogens is 1. The number of thiazole rings is 1. The lowest BCUT2D eigenvalue weighted by Gasteiger charge is -2.02. The van der Waals surface area contributed by atoms with Gasteiger partial charge in [0.15, 0.2) is 5.13 Å². The molecular weight excluding hydrogens is 260 g/mol. The molecule has 4 nitrogen and oxygen atoms in total. The number of nitrogens with zero attached hydrogens (tertiary/aromatic N) is 1. The molecule has 5 heteroatoms. The van der Waals surface area contributed by atoms with Crippen LogP contribution < -0.4 is 5.32 Å². The maximum Gasteiger partial charge on any atom is 0.183 e. The Bertz CT molecular complexity index is 514. The van der Waals surface area contributed by atoms with Crippen LogP contribution >= 0.6 is 11.3 Å². The highest BCUT2D eigenvalue weighted by Gasteiger charge is 2.05. The molecular formula is C14H18N2O2S. The lowest BCUT2D eigenvalue weighted by molar-refractivity contribution is 0.185. The number of hydrogen-bond donors (Lipinski definition) is 1. The predicted molar refractivity (Wildman–Crippen MR) is 78.6 cm³/mol. The Kier molecular flexibility index (Phi) is 5.32. The SMILES string of the molecule is COCCNc1ncc(-c2cccc(COC)c2)s1. The Morgan fingerprint density at radius 1 is 1.26 bits per heavy atom. The van der Waals surface area contributed by atoms with Crippen LogP contribution in [0.2, 0.25) is 0 Å². The van der Waals surface area contributed by atoms with Crippen molar-refractivity contribution in [2.24, 2.45) is 0 Å². The van der Waals surface area contributed by atoms with Crippen LogP contribution in [0.5, 0.6) is 0 Å². The summed E-state index contributed by atoms with van der Waals surface area (Å²) in [6, 6.07) is 8.33. The Hall–Kier alpha value is -1.43. The zero-order valence-electron chi connectivity index (χ0n) is 11.2. The summed E-state index contributed by atoms with van der Waals surface area (Å²) in [5.41, 5.74) is 2.34. The fourth-order valence-electron chi connectivity index (χ4n) is 1.73. The van der Waals surface area contributed by atoms with Gasteiger partial charge in [0.2, 0.25) is 0 Å². The van der Waals surface area contributed by atoms with Gasteiger partial charge in [0.1, 0.15) is 0 Å². The van der Waals surface area contributed by atoms with Gasteiger partial charge in [0.25, 0.3) is 0 Å². The van der Waals surface area contributed by atoms with Crippen molar-refractivity contribution in [3.05, 3.63) is 36.0 Å². The molecule has 1 heterocycles. The Labute approximate surface area is 117 Å². The molecule has 0 saturated heterocycles. The van der Waals surface area contributed by atoms with E-state index >= 15 is 0 Å². The van der Waals surface area contributed by atoms with Crippen molar-refractivity contribution in [3.63, 3.8) is 0 Å². The third-order valence-electron chi connectivity index (χ3n) is 2.61. The molecule has 1 N–H and O–H groups in total. The van der Waals surface area contributed by atoms with Crippen LogP contribution in [0.4, 0.5) is 5.13 Å². The van der Waals surface area contributed by atoms with E-state index in [0.29, 0.717) is 13.2 Å². The lowest BCUT2D eigenvalue weighted by atomic mass is 10.1. The summed E-state index contributed by atoms with van der Waals surface area (Å²) in [5.74, 6) is 0. The van der Waals surface area contributed by atoms with E-state index in [1.165, 1.54) is 11.1 Å². The second-order valence-corrected chi connectivity index (χ2v) is 5.11. The van der Waals surface area contributed by atoms with Crippen LogP contribution in [0.3, 0.4) is 0 Å². The molecule has 102 valence electrons. The van der Waals surface area contributed by atoms with Crippen molar-refractivity contribution in [3.8, 4) is 10.4 Å². The van der Waals surface area contributed by atoms with Gasteiger partial charge in [-0.15, -0.1) is 0 Å². The number of anilines is 1. The van der Waals surface area contributed by atoms with Crippen LogP contribution in [-0.4, -0.2) is 32.4 Å². The van der Waals surface area contributed by atoms with Gasteiger partial charge in [-0.25, -0.2) is 4.98 Å². The molecule has 0 fully saturated rings. The van der Waals surface area contributed by atoms with Gasteiger partial charge >= 0.3 is 0 Å². The summed E-state index contributed by atoms with van der Waals surface area (Å²) < 4.78 is 10.1. The maximum atomic E-state index is 5.15. The van der Waals surface area contributed by atoms with Crippen LogP contribution in [0, 0.1) is 0 Å². The molecule has 0 bridgehead atoms. The van der Waals surface area contributed by atoms with Gasteiger partial charge in [0.05, 0.1) is 18.1 Å². The first kappa shape index (κ1) is 14.0. The van der Waals surface area contributed by atoms with Gasteiger partial charge in [0, 0.05) is 27.0 Å². The van der Waals surface area contributed by atoms with Crippen molar-refractivity contribution < 1.29 is 9.47 Å². The highest BCUT2D eigenvalue weighted by atomic mass is 32.1. The van der Waals surface area contributed by atoms with E-state index in [-0.39, 0.29) is 0 Å². The van der Waals surface area contributed by atoms with Gasteiger partial charge in [-0.2, -0.15) is 0 Å². The normalized spacial score (nSPS) is 10.6. The Balaban J connectivity index is 2.07. The first-order valence-corrected chi connectivity index (χ1v) is 6.92. The van der Waals surface area contributed by atoms with E-state index in [9.17, 15) is 0 Å². The molecule has 0 saturated carbocycles. The number of hydrogen-bond acceptors (Lipinski definition) is 5. The van der Waals surface area contributed by atoms with Crippen LogP contribution in [-0.2, 0) is 16.1 Å². The largest absolute Gasteiger partial charge is 0.383 e. The van der Waals surface area contributed by atoms with Crippen LogP contribution in [0.1, 0.15) is 5.56 Å². The van der Waals surface area contributed by atoms with Gasteiger partial charge in [-0.3, -0.25) is 0 Å². The second kappa shape index (κ2) is 7.23. The van der Waals surface area contributed by atoms with E-state index in [1.54, 1.807) is 25.6 Å². The fraction of sp³-hybridized carbons (Fsp3) is 0.357. The maximum absolute atomic E-state index is 5.15. The average molecular weight is 278 g/mol. The fourth-order valence-corrected chi connectivity index (χ4v) is 2.57. The summed E-state index contributed by atoms with van der Waals surface area (Å²) in [6.45, 7) is 2.08. The summed E-state index contributed by atoms with van der Waals surface area (Å²) in [6.07, 6.45) is 1.89. The molecule has 0 spiro atoms. The standard InChI is InChI=1S/C14H18N2O2S/c1-17-7-6-15-14-16-9-13(19-14)12-5-3-4-11(8-12)10-18-2/h3-5,8-9H,6-7,10H2,1-2H3,(H,15,16). The lowest BCUT2D eigenvalue weighted by Crippen LogP contribution is -2.06. The summed E-state index contributed by atoms with van der Waals surface area (Å²) >= 11 is 1.64. The molecule has 0 atom stereocenters. The third-order valence-corrected chi connectivity index (χ3v) is 3.61. The smallest absolute Gasteiger partial charge is 0.183 e. The predicted octanol–water partition coefficient (Wildman–Crippen LogP) is 3.01. The number of rotatable bonds is 7. The Morgan fingerprint density at radius 3 is 2.95 bits per heavy atom. The summed E-state index contributed by atoms with van der Waals surface area (Å²) in [4.78, 5) is 5.51. The van der Waals surface area contributed by atoms with Crippen LogP contribution in [0.15, 0.2) is 30.5 Å². The van der Waals surface area contributed by atoms with Gasteiger partial charge in [-0.05, 0) is 17.2 Å². The number of ether oxygens (including phenoxy) is 2. The molecule has 1 aromatic carbocycles. The highest BCUT2D eigenvalue weighted by molar-refractivity contribution is 7.18. The van der Waals surface area contributed by atoms with Crippen molar-refractivity contribution in [2.75, 3.05) is 32.7 Å². The van der Waals surface area contributed by atoms with E-state index in [0.717, 1.165) is 16.6 Å². The van der Waals surface area contributed by atoms with E-state index in [4.69, 9.17) is 9.47 Å². The van der Waals surface area contributed by atoms with Gasteiger partial charge < -0.3 is 14.8 Å². The molecule has 0 aliphatic carbocycles. The van der Waals surface area contributed by atoms with Crippen molar-refractivity contribution >= 4 is 16.5 Å².